The molecule has 0 amide bonds. The topological polar surface area (TPSA) is 69.7 Å². The van der Waals surface area contributed by atoms with Gasteiger partial charge in [-0.2, -0.15) is 5.10 Å². The van der Waals surface area contributed by atoms with Crippen LogP contribution in [0, 0.1) is 0 Å². The number of hydrogen-bond acceptors (Lipinski definition) is 5. The van der Waals surface area contributed by atoms with Crippen LogP contribution < -0.4 is 10.2 Å². The summed E-state index contributed by atoms with van der Waals surface area (Å²) in [6, 6.07) is 5.50. The maximum atomic E-state index is 6.34. The number of nitrogens with zero attached hydrogens (tertiary/aromatic N) is 4. The number of aromatic amines is 1. The Morgan fingerprint density at radius 3 is 2.57 bits per heavy atom. The summed E-state index contributed by atoms with van der Waals surface area (Å²) in [5.41, 5.74) is 2.96. The van der Waals surface area contributed by atoms with Crippen molar-refractivity contribution < 1.29 is 0 Å². The molecule has 3 heterocycles. The summed E-state index contributed by atoms with van der Waals surface area (Å²) < 4.78 is 0. The number of rotatable bonds is 3. The molecule has 0 saturated carbocycles. The van der Waals surface area contributed by atoms with E-state index in [-0.39, 0.29) is 5.54 Å². The monoisotopic (exact) mass is 420 g/mol. The quantitative estimate of drug-likeness (QED) is 0.628. The third-order valence-corrected chi connectivity index (χ3v) is 6.09. The molecular weight excluding hydrogens is 395 g/mol. The molecule has 0 radical (unpaired) electrons. The zero-order valence-electron chi connectivity index (χ0n) is 16.7. The minimum Gasteiger partial charge on any atom is -0.355 e. The molecule has 28 heavy (non-hydrogen) atoms. The van der Waals surface area contributed by atoms with Crippen LogP contribution in [0.1, 0.15) is 33.6 Å². The van der Waals surface area contributed by atoms with Gasteiger partial charge in [0.15, 0.2) is 0 Å². The van der Waals surface area contributed by atoms with Crippen molar-refractivity contribution in [2.75, 3.05) is 25.0 Å². The molecule has 1 fully saturated rings. The molecule has 3 aromatic rings. The molecule has 1 saturated heterocycles. The average molecular weight is 421 g/mol. The number of anilines is 1. The van der Waals surface area contributed by atoms with E-state index in [1.165, 1.54) is 0 Å². The first-order valence-electron chi connectivity index (χ1n) is 9.60. The van der Waals surface area contributed by atoms with Crippen molar-refractivity contribution in [2.24, 2.45) is 0 Å². The first-order chi connectivity index (χ1) is 13.5. The Hall–Kier alpha value is -1.89. The molecular formula is C20H26Cl2N6. The minimum atomic E-state index is 0.191. The van der Waals surface area contributed by atoms with Gasteiger partial charge in [-0.1, -0.05) is 49.2 Å². The second-order valence-electron chi connectivity index (χ2n) is 6.90. The van der Waals surface area contributed by atoms with Gasteiger partial charge in [-0.25, -0.2) is 9.97 Å². The Bertz CT molecular complexity index is 947. The van der Waals surface area contributed by atoms with Crippen LogP contribution in [0.5, 0.6) is 0 Å². The number of aromatic nitrogens is 4. The Morgan fingerprint density at radius 2 is 1.89 bits per heavy atom. The van der Waals surface area contributed by atoms with Crippen LogP contribution >= 0.6 is 23.2 Å². The van der Waals surface area contributed by atoms with Crippen molar-refractivity contribution in [3.8, 4) is 11.3 Å². The van der Waals surface area contributed by atoms with Crippen molar-refractivity contribution in [2.45, 2.75) is 39.2 Å². The van der Waals surface area contributed by atoms with Crippen molar-refractivity contribution in [1.29, 1.82) is 0 Å². The zero-order valence-corrected chi connectivity index (χ0v) is 18.2. The molecule has 0 bridgehead atoms. The normalized spacial score (nSPS) is 16.0. The number of benzene rings is 1. The summed E-state index contributed by atoms with van der Waals surface area (Å²) in [6.45, 7) is 8.14. The predicted molar refractivity (Wildman–Crippen MR) is 117 cm³/mol. The Morgan fingerprint density at radius 1 is 1.18 bits per heavy atom. The standard InChI is InChI=1S/C18H20Cl2N6.C2H6/c1-18(21-2)6-8-26(9-7-18)13-10-22-16-15(24-25-17(16)23-13)11-4-3-5-12(19)14(11)20;1-2/h3-5,10,21H,6-9H2,1-2H3,(H,23,24,25);1-2H3. The third-order valence-electron chi connectivity index (χ3n) is 5.27. The molecule has 2 aromatic heterocycles. The SMILES string of the molecule is CC.CNC1(C)CCN(c2cnc3c(-c4cccc(Cl)c4Cl)[nH]nc3n2)CC1. The van der Waals surface area contributed by atoms with Gasteiger partial charge in [0.05, 0.1) is 21.9 Å². The lowest BCUT2D eigenvalue weighted by Crippen LogP contribution is -2.50. The molecule has 0 spiro atoms. The highest BCUT2D eigenvalue weighted by molar-refractivity contribution is 6.43. The molecule has 4 rings (SSSR count). The predicted octanol–water partition coefficient (Wildman–Crippen LogP) is 4.93. The molecule has 0 aliphatic carbocycles. The summed E-state index contributed by atoms with van der Waals surface area (Å²) >= 11 is 12.5. The Balaban J connectivity index is 0.00000109. The highest BCUT2D eigenvalue weighted by atomic mass is 35.5. The van der Waals surface area contributed by atoms with E-state index in [2.05, 4.69) is 32.3 Å². The molecule has 150 valence electrons. The second kappa shape index (κ2) is 8.64. The van der Waals surface area contributed by atoms with Crippen LogP contribution in [0.15, 0.2) is 24.4 Å². The fourth-order valence-corrected chi connectivity index (χ4v) is 3.70. The maximum Gasteiger partial charge on any atom is 0.202 e. The number of H-pyrrole nitrogens is 1. The number of halogens is 2. The highest BCUT2D eigenvalue weighted by Crippen LogP contribution is 2.35. The van der Waals surface area contributed by atoms with E-state index in [0.29, 0.717) is 21.2 Å². The van der Waals surface area contributed by atoms with Crippen LogP contribution in [0.4, 0.5) is 5.82 Å². The lowest BCUT2D eigenvalue weighted by Gasteiger charge is -2.39. The average Bonchev–Trinajstić information content (AvgIpc) is 3.15. The molecule has 8 heteroatoms. The van der Waals surface area contributed by atoms with Crippen LogP contribution in [0.2, 0.25) is 10.0 Å². The van der Waals surface area contributed by atoms with Gasteiger partial charge in [0.2, 0.25) is 5.65 Å². The molecule has 1 aliphatic rings. The number of piperidine rings is 1. The van der Waals surface area contributed by atoms with E-state index in [4.69, 9.17) is 28.2 Å². The van der Waals surface area contributed by atoms with Gasteiger partial charge in [0.25, 0.3) is 0 Å². The number of hydrogen-bond donors (Lipinski definition) is 2. The van der Waals surface area contributed by atoms with Crippen LogP contribution in [-0.2, 0) is 0 Å². The van der Waals surface area contributed by atoms with Gasteiger partial charge in [-0.05, 0) is 32.9 Å². The summed E-state index contributed by atoms with van der Waals surface area (Å²) in [7, 11) is 2.02. The molecule has 1 aliphatic heterocycles. The fourth-order valence-electron chi connectivity index (χ4n) is 3.30. The summed E-state index contributed by atoms with van der Waals surface area (Å²) in [5, 5.41) is 11.7. The van der Waals surface area contributed by atoms with Crippen molar-refractivity contribution >= 4 is 40.2 Å². The first kappa shape index (κ1) is 20.8. The zero-order chi connectivity index (χ0) is 20.3. The molecule has 2 N–H and O–H groups in total. The maximum absolute atomic E-state index is 6.34. The van der Waals surface area contributed by atoms with Gasteiger partial charge < -0.3 is 10.2 Å². The van der Waals surface area contributed by atoms with E-state index in [1.807, 2.05) is 39.2 Å². The first-order valence-corrected chi connectivity index (χ1v) is 10.4. The second-order valence-corrected chi connectivity index (χ2v) is 7.68. The number of fused-ring (bicyclic) bond motifs is 1. The largest absolute Gasteiger partial charge is 0.355 e. The van der Waals surface area contributed by atoms with E-state index in [9.17, 15) is 0 Å². The van der Waals surface area contributed by atoms with Crippen molar-refractivity contribution in [1.82, 2.24) is 25.5 Å². The molecule has 6 nitrogen and oxygen atoms in total. The van der Waals surface area contributed by atoms with Crippen LogP contribution in [0.25, 0.3) is 22.4 Å². The summed E-state index contributed by atoms with van der Waals surface area (Å²) in [4.78, 5) is 11.6. The highest BCUT2D eigenvalue weighted by Gasteiger charge is 2.29. The van der Waals surface area contributed by atoms with Gasteiger partial charge in [-0.15, -0.1) is 0 Å². The number of nitrogens with one attached hydrogen (secondary N) is 2. The van der Waals surface area contributed by atoms with E-state index >= 15 is 0 Å². The van der Waals surface area contributed by atoms with Crippen molar-refractivity contribution in [3.05, 3.63) is 34.4 Å². The van der Waals surface area contributed by atoms with Crippen LogP contribution in [0.3, 0.4) is 0 Å². The molecule has 0 atom stereocenters. The van der Waals surface area contributed by atoms with Gasteiger partial charge >= 0.3 is 0 Å². The van der Waals surface area contributed by atoms with Gasteiger partial charge in [-0.3, -0.25) is 5.10 Å². The van der Waals surface area contributed by atoms with Gasteiger partial charge in [0.1, 0.15) is 11.3 Å². The van der Waals surface area contributed by atoms with E-state index in [1.54, 1.807) is 6.07 Å². The smallest absolute Gasteiger partial charge is 0.202 e. The van der Waals surface area contributed by atoms with Crippen molar-refractivity contribution in [3.63, 3.8) is 0 Å². The van der Waals surface area contributed by atoms with Crippen LogP contribution in [-0.4, -0.2) is 45.8 Å². The van der Waals surface area contributed by atoms with Gasteiger partial charge in [0, 0.05) is 24.2 Å². The third kappa shape index (κ3) is 3.95. The summed E-state index contributed by atoms with van der Waals surface area (Å²) in [6.07, 6.45) is 3.93. The minimum absolute atomic E-state index is 0.191. The molecule has 0 unspecified atom stereocenters. The Labute approximate surface area is 175 Å². The van der Waals surface area contributed by atoms with E-state index in [0.717, 1.165) is 43.0 Å². The summed E-state index contributed by atoms with van der Waals surface area (Å²) in [5.74, 6) is 0.853. The van der Waals surface area contributed by atoms with E-state index < -0.39 is 0 Å². The Kier molecular flexibility index (Phi) is 6.43. The molecule has 1 aromatic carbocycles. The lowest BCUT2D eigenvalue weighted by atomic mass is 9.90. The lowest BCUT2D eigenvalue weighted by molar-refractivity contribution is 0.304. The fraction of sp³-hybridized carbons (Fsp3) is 0.450.